The number of amidine groups is 1. The number of nitrogens with one attached hydrogen (secondary N) is 11. The lowest BCUT2D eigenvalue weighted by Crippen LogP contribution is -2.66. The highest BCUT2D eigenvalue weighted by atomic mass is 16.6. The van der Waals surface area contributed by atoms with E-state index >= 15 is 28.8 Å². The van der Waals surface area contributed by atoms with Crippen LogP contribution in [0.4, 0.5) is 9.59 Å². The van der Waals surface area contributed by atoms with Crippen molar-refractivity contribution in [1.82, 2.24) is 57.7 Å². The van der Waals surface area contributed by atoms with Crippen LogP contribution in [-0.4, -0.2) is 169 Å². The molecule has 0 radical (unpaired) electrons. The van der Waals surface area contributed by atoms with Crippen molar-refractivity contribution < 1.29 is 85.9 Å². The van der Waals surface area contributed by atoms with Crippen molar-refractivity contribution in [3.8, 4) is 23.0 Å². The summed E-state index contributed by atoms with van der Waals surface area (Å²) in [5, 5.41) is 38.4. The van der Waals surface area contributed by atoms with Crippen molar-refractivity contribution in [3.63, 3.8) is 0 Å². The fourth-order valence-electron chi connectivity index (χ4n) is 15.6. The zero-order chi connectivity index (χ0) is 96.0. The number of rotatable bonds is 43. The summed E-state index contributed by atoms with van der Waals surface area (Å²) >= 11 is 0. The summed E-state index contributed by atoms with van der Waals surface area (Å²) in [7, 11) is 4.52. The average Bonchev–Trinajstić information content (AvgIpc) is 1.63. The minimum atomic E-state index is -1.79. The van der Waals surface area contributed by atoms with Crippen LogP contribution < -0.4 is 72.1 Å². The molecule has 132 heavy (non-hydrogen) atoms. The number of aryl methyl sites for hydroxylation is 2. The predicted octanol–water partition coefficient (Wildman–Crippen LogP) is 13.7. The molecule has 1 aliphatic rings. The summed E-state index contributed by atoms with van der Waals surface area (Å²) in [5.74, 6) is -5.02. The fourth-order valence-corrected chi connectivity index (χ4v) is 15.6. The van der Waals surface area contributed by atoms with E-state index in [2.05, 4.69) is 53.2 Å². The van der Waals surface area contributed by atoms with Gasteiger partial charge in [-0.15, -0.1) is 0 Å². The van der Waals surface area contributed by atoms with Crippen molar-refractivity contribution in [2.45, 2.75) is 257 Å². The molecular formula is C102H132N12O18. The van der Waals surface area contributed by atoms with Gasteiger partial charge in [0.2, 0.25) is 41.4 Å². The Balaban J connectivity index is 1.08. The van der Waals surface area contributed by atoms with Gasteiger partial charge in [0.15, 0.2) is 6.61 Å². The fraction of sp³-hybridized carbons (Fsp3) is 0.451. The first kappa shape index (κ1) is 102. The second kappa shape index (κ2) is 48.0. The molecule has 8 aromatic rings. The molecule has 708 valence electrons. The summed E-state index contributed by atoms with van der Waals surface area (Å²) in [5.41, 5.74) is 2.58. The van der Waals surface area contributed by atoms with Crippen LogP contribution in [0.1, 0.15) is 228 Å². The first-order chi connectivity index (χ1) is 62.7. The number of ether oxygens (including phenoxy) is 7. The van der Waals surface area contributed by atoms with Gasteiger partial charge in [-0.1, -0.05) is 146 Å². The second-order valence-electron chi connectivity index (χ2n) is 36.6. The van der Waals surface area contributed by atoms with E-state index in [0.29, 0.717) is 81.8 Å². The predicted molar refractivity (Wildman–Crippen MR) is 505 cm³/mol. The van der Waals surface area contributed by atoms with Gasteiger partial charge in [-0.25, -0.2) is 9.59 Å². The molecule has 0 spiro atoms. The van der Waals surface area contributed by atoms with E-state index < -0.39 is 136 Å². The molecule has 11 N–H and O–H groups in total. The van der Waals surface area contributed by atoms with Gasteiger partial charge >= 0.3 is 18.2 Å². The summed E-state index contributed by atoms with van der Waals surface area (Å²) in [4.78, 5) is 163. The Bertz CT molecular complexity index is 5200. The molecule has 1 aliphatic carbocycles. The number of nitrogens with zero attached hydrogens (tertiary/aromatic N) is 1. The number of benzene rings is 7. The van der Waals surface area contributed by atoms with Gasteiger partial charge in [-0.05, 0) is 229 Å². The van der Waals surface area contributed by atoms with Crippen LogP contribution in [0.2, 0.25) is 0 Å². The second-order valence-corrected chi connectivity index (χ2v) is 36.6. The zero-order valence-electron chi connectivity index (χ0n) is 78.9. The number of hydrogen-bond acceptors (Lipinski definition) is 19. The first-order valence-electron chi connectivity index (χ1n) is 45.2. The minimum absolute atomic E-state index is 0.0142. The molecule has 0 saturated heterocycles. The van der Waals surface area contributed by atoms with Gasteiger partial charge in [0.05, 0.1) is 51.2 Å². The number of para-hydroxylation sites is 1. The van der Waals surface area contributed by atoms with Crippen LogP contribution in [0.3, 0.4) is 0 Å². The average molecular weight is 1810 g/mol. The molecule has 1 fully saturated rings. The molecule has 9 amide bonds. The van der Waals surface area contributed by atoms with Gasteiger partial charge in [-0.3, -0.25) is 53.1 Å². The van der Waals surface area contributed by atoms with Gasteiger partial charge in [-0.2, -0.15) is 0 Å². The monoisotopic (exact) mass is 1810 g/mol. The van der Waals surface area contributed by atoms with E-state index in [9.17, 15) is 24.0 Å². The highest BCUT2D eigenvalue weighted by Crippen LogP contribution is 2.40. The molecule has 30 nitrogen and oxygen atoms in total. The Morgan fingerprint density at radius 1 is 0.492 bits per heavy atom. The molecule has 1 unspecified atom stereocenters. The molecule has 0 bridgehead atoms. The quantitative estimate of drug-likeness (QED) is 0.00556. The Kier molecular flexibility index (Phi) is 37.3. The highest BCUT2D eigenvalue weighted by molar-refractivity contribution is 6.00. The van der Waals surface area contributed by atoms with Crippen molar-refractivity contribution in [1.29, 1.82) is 5.41 Å². The number of alkyl carbamates (subject to hydrolysis) is 1. The van der Waals surface area contributed by atoms with E-state index in [1.807, 2.05) is 93.6 Å². The van der Waals surface area contributed by atoms with E-state index in [4.69, 9.17) is 38.6 Å². The van der Waals surface area contributed by atoms with Crippen LogP contribution >= 0.6 is 0 Å². The van der Waals surface area contributed by atoms with E-state index in [0.717, 1.165) is 27.8 Å². The lowest BCUT2D eigenvalue weighted by Gasteiger charge is -2.41. The lowest BCUT2D eigenvalue weighted by atomic mass is 9.73. The van der Waals surface area contributed by atoms with Crippen LogP contribution in [-0.2, 0) is 70.2 Å². The summed E-state index contributed by atoms with van der Waals surface area (Å²) in [6.45, 7) is 22.6. The standard InChI is InChI=1S/C102H132N12O18/c1-17-18-33-86(115)106-83(61-88(117)130-99(5,6)7)95(122)113-102(54-52-69(53-55-102)68-42-46-74(126-14)47-43-68)96(123)110-81(58-67-27-20-19-21-28-67)93(120)108-80(31-26-57-104-66(4)103)91(118)109-82(59-73-62-114(98(125)132-101(11,12)13)84-32-23-22-29-77(73)84)94(121)107-79(30-24-25-56-105-97(124)131-100(8,9)10)92(119)112-90(78-51-50-76(127-15)60-85(78)128-16)72-44-48-75(49-45-72)129-63-87(116)111-89(70-38-34-64(2)35-39-70)71-40-36-65(3)37-41-71/h19-23,27-29,32,34-51,60,62,69,79-83,89-90H,17-18,24-26,30-31,33,52-59,61,63H2,1-16H3,(H2,103,104)(H,105,124)(H,106,115)(H,107,121)(H,108,120)(H,109,118)(H,110,123)(H,111,116)(H,112,119)(H,113,122)/t69-,79-,80-,81+,82-,83-,90?,102+/m0/s1. The topological polar surface area (TPSA) is 401 Å². The number of carbonyl (C=O) groups excluding carboxylic acids is 11. The molecule has 6 atom stereocenters. The molecule has 1 heterocycles. The van der Waals surface area contributed by atoms with Crippen molar-refractivity contribution >= 4 is 82.2 Å². The third kappa shape index (κ3) is 31.5. The number of hydrogen-bond donors (Lipinski definition) is 11. The van der Waals surface area contributed by atoms with Crippen LogP contribution in [0, 0.1) is 19.3 Å². The molecule has 0 aliphatic heterocycles. The maximum atomic E-state index is 16.2. The smallest absolute Gasteiger partial charge is 0.419 e. The first-order valence-corrected chi connectivity index (χ1v) is 45.2. The van der Waals surface area contributed by atoms with Crippen molar-refractivity contribution in [3.05, 3.63) is 226 Å². The molecule has 30 heteroatoms. The number of fused-ring (bicyclic) bond motifs is 1. The zero-order valence-corrected chi connectivity index (χ0v) is 78.9. The minimum Gasteiger partial charge on any atom is -0.497 e. The lowest BCUT2D eigenvalue weighted by molar-refractivity contribution is -0.157. The Labute approximate surface area is 774 Å². The van der Waals surface area contributed by atoms with Gasteiger partial charge < -0.3 is 86.3 Å². The normalized spacial score (nSPS) is 15.2. The molecule has 9 rings (SSSR count). The van der Waals surface area contributed by atoms with Crippen LogP contribution in [0.25, 0.3) is 10.9 Å². The third-order valence-electron chi connectivity index (χ3n) is 22.4. The van der Waals surface area contributed by atoms with Gasteiger partial charge in [0, 0.05) is 55.6 Å². The Morgan fingerprint density at radius 3 is 1.61 bits per heavy atom. The van der Waals surface area contributed by atoms with Gasteiger partial charge in [0.25, 0.3) is 5.91 Å². The number of amides is 9. The summed E-state index contributed by atoms with van der Waals surface area (Å²) < 4.78 is 41.6. The van der Waals surface area contributed by atoms with Gasteiger partial charge in [0.1, 0.15) is 75.5 Å². The van der Waals surface area contributed by atoms with Crippen LogP contribution in [0.5, 0.6) is 23.0 Å². The highest BCUT2D eigenvalue weighted by Gasteiger charge is 2.47. The molecular weight excluding hydrogens is 1680 g/mol. The number of esters is 1. The molecule has 1 saturated carbocycles. The maximum absolute atomic E-state index is 16.2. The van der Waals surface area contributed by atoms with E-state index in [-0.39, 0.29) is 95.7 Å². The number of unbranched alkanes of at least 4 members (excludes halogenated alkanes) is 2. The van der Waals surface area contributed by atoms with Crippen molar-refractivity contribution in [2.75, 3.05) is 41.0 Å². The number of aromatic nitrogens is 1. The van der Waals surface area contributed by atoms with E-state index in [1.54, 1.807) is 166 Å². The summed E-state index contributed by atoms with van der Waals surface area (Å²) in [6, 6.07) is 41.7. The Hall–Kier alpha value is -13.3. The SMILES string of the molecule is CCCCC(=O)N[C@@H](CC(=O)OC(C)(C)C)C(=O)N[C@]1(C(=O)N[C@H](Cc2ccccc2)C(=O)N[C@@H](CCCNC(C)=N)C(=O)N[C@@H](Cc2cn(C(=O)OC(C)(C)C)c3ccccc23)C(=O)N[C@@H](CCCCNC(=O)OC(C)(C)C)C(=O)NC(c2ccc(OCC(=O)NC(c3ccc(C)cc3)c3ccc(C)cc3)cc2)c2ccc(OC)cc2OC)CC[C@H](c2ccc(OC)cc2)CC1. The van der Waals surface area contributed by atoms with Crippen molar-refractivity contribution in [2.24, 2.45) is 0 Å². The maximum Gasteiger partial charge on any atom is 0.419 e. The molecule has 7 aromatic carbocycles. The molecule has 1 aromatic heterocycles. The van der Waals surface area contributed by atoms with E-state index in [1.165, 1.54) is 31.9 Å². The largest absolute Gasteiger partial charge is 0.497 e. The summed E-state index contributed by atoms with van der Waals surface area (Å²) in [6.07, 6.45) is 1.27. The number of carbonyl (C=O) groups is 11. The number of methoxy groups -OCH3 is 3. The van der Waals surface area contributed by atoms with Crippen LogP contribution in [0.15, 0.2) is 176 Å². The Morgan fingerprint density at radius 2 is 1.02 bits per heavy atom. The third-order valence-corrected chi connectivity index (χ3v) is 22.4.